The van der Waals surface area contributed by atoms with Gasteiger partial charge in [0.05, 0.1) is 17.7 Å². The molecule has 1 aromatic carbocycles. The van der Waals surface area contributed by atoms with Gasteiger partial charge in [-0.25, -0.2) is 4.39 Å². The molecular weight excluding hydrogens is 290 g/mol. The molecule has 7 heteroatoms. The molecule has 21 heavy (non-hydrogen) atoms. The first-order valence-electron chi connectivity index (χ1n) is 6.15. The van der Waals surface area contributed by atoms with Gasteiger partial charge in [-0.2, -0.15) is 13.2 Å². The Morgan fingerprint density at radius 1 is 1.33 bits per heavy atom. The maximum absolute atomic E-state index is 13.9. The summed E-state index contributed by atoms with van der Waals surface area (Å²) in [5.41, 5.74) is 0.193. The quantitative estimate of drug-likeness (QED) is 0.639. The number of hydrogen-bond donors (Lipinski definition) is 0. The van der Waals surface area contributed by atoms with Gasteiger partial charge < -0.3 is 9.30 Å². The number of methoxy groups -OCH3 is 1. The Hall–Kier alpha value is -1.89. The van der Waals surface area contributed by atoms with E-state index in [-0.39, 0.29) is 24.1 Å². The lowest BCUT2D eigenvalue weighted by Gasteiger charge is -2.07. The summed E-state index contributed by atoms with van der Waals surface area (Å²) in [4.78, 5) is 11.5. The first-order valence-corrected chi connectivity index (χ1v) is 6.15. The number of halogens is 4. The lowest BCUT2D eigenvalue weighted by Crippen LogP contribution is -2.22. The molecule has 2 rings (SSSR count). The lowest BCUT2D eigenvalue weighted by molar-refractivity contribution is -0.0884. The van der Waals surface area contributed by atoms with E-state index in [9.17, 15) is 22.4 Å². The number of alkyl halides is 3. The average molecular weight is 303 g/mol. The van der Waals surface area contributed by atoms with Crippen LogP contribution in [0.4, 0.5) is 17.6 Å². The largest absolute Gasteiger partial charge is 0.454 e. The molecular formula is C14H13F4NO2. The molecule has 0 amide bonds. The zero-order chi connectivity index (χ0) is 15.8. The van der Waals surface area contributed by atoms with Gasteiger partial charge in [0.1, 0.15) is 5.82 Å². The van der Waals surface area contributed by atoms with Crippen LogP contribution >= 0.6 is 0 Å². The first-order chi connectivity index (χ1) is 9.77. The van der Waals surface area contributed by atoms with Crippen LogP contribution in [0.15, 0.2) is 18.3 Å². The highest BCUT2D eigenvalue weighted by atomic mass is 19.4. The van der Waals surface area contributed by atoms with Crippen molar-refractivity contribution in [3.63, 3.8) is 0 Å². The van der Waals surface area contributed by atoms with Crippen LogP contribution in [0.5, 0.6) is 0 Å². The summed E-state index contributed by atoms with van der Waals surface area (Å²) in [7, 11) is 1.45. The second kappa shape index (κ2) is 5.48. The van der Waals surface area contributed by atoms with E-state index >= 15 is 0 Å². The molecule has 0 saturated heterocycles. The summed E-state index contributed by atoms with van der Waals surface area (Å²) in [5.74, 6) is -2.90. The van der Waals surface area contributed by atoms with E-state index in [1.165, 1.54) is 17.7 Å². The molecule has 2 aromatic rings. The van der Waals surface area contributed by atoms with Crippen molar-refractivity contribution in [3.8, 4) is 0 Å². The number of fused-ring (bicyclic) bond motifs is 1. The van der Waals surface area contributed by atoms with Crippen molar-refractivity contribution in [1.82, 2.24) is 4.57 Å². The standard InChI is InChI=1S/C14H13F4NO2/c1-8-3-4-10(15)11-9(13(20)14(16,17)18)7-19(12(8)11)5-6-21-2/h3-4,7H,5-6H2,1-2H3. The average Bonchev–Trinajstić information content (AvgIpc) is 2.79. The van der Waals surface area contributed by atoms with E-state index in [4.69, 9.17) is 4.74 Å². The molecule has 0 radical (unpaired) electrons. The smallest absolute Gasteiger partial charge is 0.383 e. The van der Waals surface area contributed by atoms with Crippen molar-refractivity contribution < 1.29 is 27.1 Å². The molecule has 0 fully saturated rings. The molecule has 3 nitrogen and oxygen atoms in total. The number of ether oxygens (including phenoxy) is 1. The number of nitrogens with zero attached hydrogens (tertiary/aromatic N) is 1. The minimum atomic E-state index is -5.05. The van der Waals surface area contributed by atoms with Crippen molar-refractivity contribution in [2.24, 2.45) is 0 Å². The molecule has 0 atom stereocenters. The molecule has 1 aromatic heterocycles. The molecule has 1 heterocycles. The third kappa shape index (κ3) is 2.78. The number of carbonyl (C=O) groups excluding carboxylic acids is 1. The van der Waals surface area contributed by atoms with Crippen LogP contribution in [0.2, 0.25) is 0 Å². The molecule has 0 aliphatic carbocycles. The van der Waals surface area contributed by atoms with Gasteiger partial charge in [0, 0.05) is 25.2 Å². The number of Topliss-reactive ketones (excluding diaryl/α,β-unsaturated/α-hetero) is 1. The summed E-state index contributed by atoms with van der Waals surface area (Å²) < 4.78 is 58.2. The van der Waals surface area contributed by atoms with Crippen molar-refractivity contribution >= 4 is 16.7 Å². The fourth-order valence-corrected chi connectivity index (χ4v) is 2.27. The summed E-state index contributed by atoms with van der Waals surface area (Å²) in [5, 5.41) is -0.298. The summed E-state index contributed by atoms with van der Waals surface area (Å²) in [6.45, 7) is 2.11. The van der Waals surface area contributed by atoms with E-state index in [1.54, 1.807) is 6.92 Å². The number of rotatable bonds is 4. The molecule has 0 aliphatic rings. The minimum Gasteiger partial charge on any atom is -0.383 e. The maximum atomic E-state index is 13.9. The van der Waals surface area contributed by atoms with E-state index in [1.807, 2.05) is 0 Å². The Labute approximate surface area is 118 Å². The zero-order valence-electron chi connectivity index (χ0n) is 11.4. The first kappa shape index (κ1) is 15.5. The molecule has 0 spiro atoms. The van der Waals surface area contributed by atoms with Crippen LogP contribution in [0.25, 0.3) is 10.9 Å². The highest BCUT2D eigenvalue weighted by molar-refractivity contribution is 6.11. The van der Waals surface area contributed by atoms with Crippen molar-refractivity contribution in [3.05, 3.63) is 35.3 Å². The molecule has 0 N–H and O–H groups in total. The molecule has 114 valence electrons. The van der Waals surface area contributed by atoms with Gasteiger partial charge in [0.2, 0.25) is 0 Å². The van der Waals surface area contributed by atoms with Crippen molar-refractivity contribution in [1.29, 1.82) is 0 Å². The predicted octanol–water partition coefficient (Wildman–Crippen LogP) is 3.48. The van der Waals surface area contributed by atoms with E-state index < -0.39 is 23.3 Å². The Morgan fingerprint density at radius 2 is 2.00 bits per heavy atom. The molecule has 0 saturated carbocycles. The Balaban J connectivity index is 2.72. The number of ketones is 1. The van der Waals surface area contributed by atoms with Gasteiger partial charge in [-0.1, -0.05) is 6.07 Å². The minimum absolute atomic E-state index is 0.225. The summed E-state index contributed by atoms with van der Waals surface area (Å²) >= 11 is 0. The van der Waals surface area contributed by atoms with Gasteiger partial charge in [0.15, 0.2) is 0 Å². The van der Waals surface area contributed by atoms with Gasteiger partial charge in [-0.3, -0.25) is 4.79 Å². The van der Waals surface area contributed by atoms with Crippen LogP contribution in [0, 0.1) is 12.7 Å². The predicted molar refractivity (Wildman–Crippen MR) is 68.9 cm³/mol. The molecule has 0 aliphatic heterocycles. The van der Waals surface area contributed by atoms with Gasteiger partial charge in [0.25, 0.3) is 5.78 Å². The lowest BCUT2D eigenvalue weighted by atomic mass is 10.1. The number of aromatic nitrogens is 1. The number of benzene rings is 1. The topological polar surface area (TPSA) is 31.2 Å². The number of aryl methyl sites for hydroxylation is 1. The maximum Gasteiger partial charge on any atom is 0.454 e. The Kier molecular flexibility index (Phi) is 4.04. The van der Waals surface area contributed by atoms with Crippen LogP contribution in [0.3, 0.4) is 0 Å². The Bertz CT molecular complexity index is 688. The van der Waals surface area contributed by atoms with Crippen molar-refractivity contribution in [2.75, 3.05) is 13.7 Å². The monoisotopic (exact) mass is 303 g/mol. The highest BCUT2D eigenvalue weighted by Gasteiger charge is 2.41. The fourth-order valence-electron chi connectivity index (χ4n) is 2.27. The zero-order valence-corrected chi connectivity index (χ0v) is 11.4. The van der Waals surface area contributed by atoms with Gasteiger partial charge in [-0.05, 0) is 18.6 Å². The summed E-state index contributed by atoms with van der Waals surface area (Å²) in [6, 6.07) is 2.52. The van der Waals surface area contributed by atoms with Crippen molar-refractivity contribution in [2.45, 2.75) is 19.6 Å². The SMILES string of the molecule is COCCn1cc(C(=O)C(F)(F)F)c2c(F)ccc(C)c21. The van der Waals surface area contributed by atoms with Crippen LogP contribution in [0.1, 0.15) is 15.9 Å². The van der Waals surface area contributed by atoms with Crippen LogP contribution in [-0.4, -0.2) is 30.2 Å². The number of hydrogen-bond acceptors (Lipinski definition) is 2. The third-order valence-electron chi connectivity index (χ3n) is 3.21. The fraction of sp³-hybridized carbons (Fsp3) is 0.357. The highest BCUT2D eigenvalue weighted by Crippen LogP contribution is 2.32. The second-order valence-corrected chi connectivity index (χ2v) is 4.64. The van der Waals surface area contributed by atoms with Gasteiger partial charge in [-0.15, -0.1) is 0 Å². The van der Waals surface area contributed by atoms with E-state index in [0.717, 1.165) is 12.3 Å². The molecule has 0 unspecified atom stereocenters. The number of carbonyl (C=O) groups is 1. The van der Waals surface area contributed by atoms with Crippen LogP contribution < -0.4 is 0 Å². The second-order valence-electron chi connectivity index (χ2n) is 4.64. The van der Waals surface area contributed by atoms with Gasteiger partial charge >= 0.3 is 6.18 Å². The van der Waals surface area contributed by atoms with E-state index in [2.05, 4.69) is 0 Å². The third-order valence-corrected chi connectivity index (χ3v) is 3.21. The summed E-state index contributed by atoms with van der Waals surface area (Å²) in [6.07, 6.45) is -4.01. The van der Waals surface area contributed by atoms with Crippen LogP contribution in [-0.2, 0) is 11.3 Å². The molecule has 0 bridgehead atoms. The Morgan fingerprint density at radius 3 is 2.57 bits per heavy atom. The van der Waals surface area contributed by atoms with E-state index in [0.29, 0.717) is 5.56 Å². The normalized spacial score (nSPS) is 12.1.